The highest BCUT2D eigenvalue weighted by atomic mass is 32.1. The Bertz CT molecular complexity index is 457. The molecule has 1 aromatic rings. The summed E-state index contributed by atoms with van der Waals surface area (Å²) in [5.74, 6) is -0.401. The quantitative estimate of drug-likeness (QED) is 0.785. The molecule has 0 heterocycles. The van der Waals surface area contributed by atoms with E-state index >= 15 is 0 Å². The summed E-state index contributed by atoms with van der Waals surface area (Å²) in [5.41, 5.74) is 5.92. The molecular formula is C14H21FN2OS. The van der Waals surface area contributed by atoms with Gasteiger partial charge in [0.15, 0.2) is 0 Å². The molecule has 1 aromatic carbocycles. The number of aliphatic hydroxyl groups is 1. The molecule has 0 spiro atoms. The monoisotopic (exact) mass is 284 g/mol. The first-order valence-electron chi connectivity index (χ1n) is 6.26. The lowest BCUT2D eigenvalue weighted by molar-refractivity contribution is 0.0353. The van der Waals surface area contributed by atoms with E-state index in [1.807, 2.05) is 6.92 Å². The van der Waals surface area contributed by atoms with Crippen molar-refractivity contribution in [3.63, 3.8) is 0 Å². The van der Waals surface area contributed by atoms with Crippen LogP contribution < -0.4 is 5.73 Å². The predicted molar refractivity (Wildman–Crippen MR) is 79.5 cm³/mol. The van der Waals surface area contributed by atoms with Crippen LogP contribution in [0.5, 0.6) is 0 Å². The first kappa shape index (κ1) is 16.0. The summed E-state index contributed by atoms with van der Waals surface area (Å²) in [6, 6.07) is 4.76. The van der Waals surface area contributed by atoms with Crippen LogP contribution in [0.1, 0.15) is 31.9 Å². The van der Waals surface area contributed by atoms with E-state index in [9.17, 15) is 9.50 Å². The lowest BCUT2D eigenvalue weighted by Crippen LogP contribution is -2.38. The molecule has 0 amide bonds. The number of hydrogen-bond donors (Lipinski definition) is 2. The SMILES string of the molecule is CCN(Cc1ccc(F)c(C(N)=S)c1)CC(C)(C)O. The van der Waals surface area contributed by atoms with Gasteiger partial charge in [-0.05, 0) is 38.1 Å². The summed E-state index contributed by atoms with van der Waals surface area (Å²) in [7, 11) is 0. The smallest absolute Gasteiger partial charge is 0.133 e. The highest BCUT2D eigenvalue weighted by Gasteiger charge is 2.17. The van der Waals surface area contributed by atoms with Crippen LogP contribution in [-0.4, -0.2) is 33.7 Å². The van der Waals surface area contributed by atoms with Crippen LogP contribution in [0.2, 0.25) is 0 Å². The van der Waals surface area contributed by atoms with Gasteiger partial charge in [-0.15, -0.1) is 0 Å². The van der Waals surface area contributed by atoms with Crippen molar-refractivity contribution >= 4 is 17.2 Å². The molecule has 0 atom stereocenters. The first-order chi connectivity index (χ1) is 8.73. The van der Waals surface area contributed by atoms with Gasteiger partial charge in [0.05, 0.1) is 5.60 Å². The summed E-state index contributed by atoms with van der Waals surface area (Å²) < 4.78 is 13.5. The van der Waals surface area contributed by atoms with Gasteiger partial charge in [-0.2, -0.15) is 0 Å². The molecule has 0 aliphatic carbocycles. The van der Waals surface area contributed by atoms with E-state index in [2.05, 4.69) is 4.90 Å². The number of hydrogen-bond acceptors (Lipinski definition) is 3. The Kier molecular flexibility index (Phi) is 5.40. The second-order valence-electron chi connectivity index (χ2n) is 5.29. The Morgan fingerprint density at radius 2 is 2.11 bits per heavy atom. The molecule has 1 rings (SSSR count). The van der Waals surface area contributed by atoms with Gasteiger partial charge in [-0.1, -0.05) is 25.2 Å². The van der Waals surface area contributed by atoms with E-state index in [1.54, 1.807) is 26.0 Å². The Morgan fingerprint density at radius 1 is 1.47 bits per heavy atom. The maximum Gasteiger partial charge on any atom is 0.133 e. The van der Waals surface area contributed by atoms with Gasteiger partial charge in [0.2, 0.25) is 0 Å². The Morgan fingerprint density at radius 3 is 2.58 bits per heavy atom. The minimum atomic E-state index is -0.762. The van der Waals surface area contributed by atoms with Crippen molar-refractivity contribution < 1.29 is 9.50 Å². The van der Waals surface area contributed by atoms with Gasteiger partial charge >= 0.3 is 0 Å². The number of thiocarbonyl (C=S) groups is 1. The molecule has 106 valence electrons. The van der Waals surface area contributed by atoms with Crippen LogP contribution in [0, 0.1) is 5.82 Å². The minimum Gasteiger partial charge on any atom is -0.389 e. The molecule has 0 aromatic heterocycles. The zero-order valence-electron chi connectivity index (χ0n) is 11.6. The van der Waals surface area contributed by atoms with Gasteiger partial charge in [-0.25, -0.2) is 4.39 Å². The summed E-state index contributed by atoms with van der Waals surface area (Å²) in [4.78, 5) is 2.14. The molecule has 5 heteroatoms. The van der Waals surface area contributed by atoms with Crippen molar-refractivity contribution in [2.24, 2.45) is 5.73 Å². The maximum absolute atomic E-state index is 13.5. The number of nitrogens with two attached hydrogens (primary N) is 1. The fourth-order valence-corrected chi connectivity index (χ4v) is 2.10. The van der Waals surface area contributed by atoms with E-state index in [0.717, 1.165) is 12.1 Å². The average Bonchev–Trinajstić information content (AvgIpc) is 2.28. The van der Waals surface area contributed by atoms with Gasteiger partial charge < -0.3 is 10.8 Å². The molecular weight excluding hydrogens is 263 g/mol. The third kappa shape index (κ3) is 5.22. The first-order valence-corrected chi connectivity index (χ1v) is 6.66. The standard InChI is InChI=1S/C14H21FN2OS/c1-4-17(9-14(2,3)18)8-10-5-6-12(15)11(7-10)13(16)19/h5-7,18H,4,8-9H2,1-3H3,(H2,16,19). The van der Waals surface area contributed by atoms with Crippen LogP contribution in [0.25, 0.3) is 0 Å². The van der Waals surface area contributed by atoms with Crippen LogP contribution in [-0.2, 0) is 6.54 Å². The molecule has 0 saturated heterocycles. The summed E-state index contributed by atoms with van der Waals surface area (Å²) >= 11 is 4.82. The van der Waals surface area contributed by atoms with E-state index in [1.165, 1.54) is 6.07 Å². The Hall–Kier alpha value is -1.04. The molecule has 19 heavy (non-hydrogen) atoms. The second-order valence-corrected chi connectivity index (χ2v) is 5.73. The topological polar surface area (TPSA) is 49.5 Å². The lowest BCUT2D eigenvalue weighted by atomic mass is 10.1. The molecule has 3 N–H and O–H groups in total. The fourth-order valence-electron chi connectivity index (χ4n) is 1.94. The molecule has 3 nitrogen and oxygen atoms in total. The van der Waals surface area contributed by atoms with Gasteiger partial charge in [0.25, 0.3) is 0 Å². The maximum atomic E-state index is 13.5. The van der Waals surface area contributed by atoms with Crippen molar-refractivity contribution in [1.82, 2.24) is 4.90 Å². The number of likely N-dealkylation sites (N-methyl/N-ethyl adjacent to an activating group) is 1. The third-order valence-corrected chi connectivity index (χ3v) is 2.98. The second kappa shape index (κ2) is 6.41. The Balaban J connectivity index is 2.86. The molecule has 0 aliphatic heterocycles. The van der Waals surface area contributed by atoms with Crippen LogP contribution >= 0.6 is 12.2 Å². The van der Waals surface area contributed by atoms with E-state index in [4.69, 9.17) is 18.0 Å². The number of rotatable bonds is 6. The highest BCUT2D eigenvalue weighted by molar-refractivity contribution is 7.80. The van der Waals surface area contributed by atoms with E-state index < -0.39 is 11.4 Å². The van der Waals surface area contributed by atoms with Crippen LogP contribution in [0.15, 0.2) is 18.2 Å². The highest BCUT2D eigenvalue weighted by Crippen LogP contribution is 2.14. The number of halogens is 1. The van der Waals surface area contributed by atoms with E-state index in [-0.39, 0.29) is 10.6 Å². The van der Waals surface area contributed by atoms with E-state index in [0.29, 0.717) is 13.1 Å². The average molecular weight is 284 g/mol. The molecule has 0 fully saturated rings. The molecule has 0 bridgehead atoms. The minimum absolute atomic E-state index is 0.0601. The zero-order chi connectivity index (χ0) is 14.6. The normalized spacial score (nSPS) is 11.9. The Labute approximate surface area is 119 Å². The molecule has 0 saturated carbocycles. The summed E-state index contributed by atoms with van der Waals surface area (Å²) in [6.07, 6.45) is 0. The van der Waals surface area contributed by atoms with Crippen molar-refractivity contribution in [3.05, 3.63) is 35.1 Å². The van der Waals surface area contributed by atoms with Gasteiger partial charge in [0, 0.05) is 18.7 Å². The van der Waals surface area contributed by atoms with Crippen LogP contribution in [0.3, 0.4) is 0 Å². The van der Waals surface area contributed by atoms with Crippen molar-refractivity contribution in [2.45, 2.75) is 32.9 Å². The van der Waals surface area contributed by atoms with Crippen molar-refractivity contribution in [3.8, 4) is 0 Å². The molecule has 0 radical (unpaired) electrons. The lowest BCUT2D eigenvalue weighted by Gasteiger charge is -2.28. The fraction of sp³-hybridized carbons (Fsp3) is 0.500. The van der Waals surface area contributed by atoms with Crippen LogP contribution in [0.4, 0.5) is 4.39 Å². The summed E-state index contributed by atoms with van der Waals surface area (Å²) in [5, 5.41) is 9.84. The van der Waals surface area contributed by atoms with Gasteiger partial charge in [-0.3, -0.25) is 4.90 Å². The largest absolute Gasteiger partial charge is 0.389 e. The summed E-state index contributed by atoms with van der Waals surface area (Å²) in [6.45, 7) is 7.51. The predicted octanol–water partition coefficient (Wildman–Crippen LogP) is 2.05. The zero-order valence-corrected chi connectivity index (χ0v) is 12.4. The van der Waals surface area contributed by atoms with Gasteiger partial charge in [0.1, 0.15) is 10.8 Å². The van der Waals surface area contributed by atoms with Crippen molar-refractivity contribution in [2.75, 3.05) is 13.1 Å². The number of benzene rings is 1. The molecule has 0 aliphatic rings. The van der Waals surface area contributed by atoms with Crippen molar-refractivity contribution in [1.29, 1.82) is 0 Å². The molecule has 0 unspecified atom stereocenters. The third-order valence-electron chi connectivity index (χ3n) is 2.76. The number of nitrogens with zero attached hydrogens (tertiary/aromatic N) is 1.